The highest BCUT2D eigenvalue weighted by Gasteiger charge is 2.21. The van der Waals surface area contributed by atoms with Crippen LogP contribution >= 0.6 is 0 Å². The van der Waals surface area contributed by atoms with Crippen molar-refractivity contribution in [2.24, 2.45) is 0 Å². The van der Waals surface area contributed by atoms with E-state index < -0.39 is 10.9 Å². The van der Waals surface area contributed by atoms with Crippen LogP contribution in [0.25, 0.3) is 11.3 Å². The summed E-state index contributed by atoms with van der Waals surface area (Å²) in [6.45, 7) is 2.05. The van der Waals surface area contributed by atoms with E-state index in [4.69, 9.17) is 10.2 Å². The van der Waals surface area contributed by atoms with Crippen LogP contribution in [0.2, 0.25) is 0 Å². The number of anilines is 5. The van der Waals surface area contributed by atoms with E-state index in [1.54, 1.807) is 24.3 Å². The number of nitriles is 1. The Morgan fingerprint density at radius 2 is 1.48 bits per heavy atom. The lowest BCUT2D eigenvalue weighted by atomic mass is 10.1. The Kier molecular flexibility index (Phi) is 5.33. The minimum absolute atomic E-state index is 0.212. The molecule has 7 nitrogen and oxygen atoms in total. The van der Waals surface area contributed by atoms with Gasteiger partial charge in [0.25, 0.3) is 10.9 Å². The van der Waals surface area contributed by atoms with Crippen molar-refractivity contribution in [1.29, 1.82) is 5.26 Å². The third kappa shape index (κ3) is 4.06. The zero-order valence-corrected chi connectivity index (χ0v) is 17.8. The van der Waals surface area contributed by atoms with Gasteiger partial charge < -0.3 is 15.5 Å². The Labute approximate surface area is 190 Å². The second kappa shape index (κ2) is 8.60. The summed E-state index contributed by atoms with van der Waals surface area (Å²) >= 11 is 0. The lowest BCUT2D eigenvalue weighted by Crippen LogP contribution is -2.35. The summed E-state index contributed by atoms with van der Waals surface area (Å²) in [4.78, 5) is 31.5. The molecule has 0 amide bonds. The maximum Gasteiger partial charge on any atom is 0.253 e. The van der Waals surface area contributed by atoms with E-state index in [0.29, 0.717) is 16.9 Å². The van der Waals surface area contributed by atoms with Crippen molar-refractivity contribution in [3.63, 3.8) is 0 Å². The lowest BCUT2D eigenvalue weighted by Gasteiger charge is -2.17. The molecule has 0 bridgehead atoms. The van der Waals surface area contributed by atoms with Crippen molar-refractivity contribution in [2.45, 2.75) is 12.8 Å². The average Bonchev–Trinajstić information content (AvgIpc) is 3.42. The number of hydrogen-bond donors (Lipinski definition) is 2. The molecule has 2 heterocycles. The number of rotatable bonds is 6. The van der Waals surface area contributed by atoms with Gasteiger partial charge in [0.15, 0.2) is 0 Å². The normalized spacial score (nSPS) is 13.1. The summed E-state index contributed by atoms with van der Waals surface area (Å²) < 4.78 is 0. The second-order valence-electron chi connectivity index (χ2n) is 8.00. The van der Waals surface area contributed by atoms with Gasteiger partial charge in [-0.25, -0.2) is 4.98 Å². The van der Waals surface area contributed by atoms with Crippen LogP contribution < -0.4 is 26.4 Å². The molecule has 5 rings (SSSR count). The highest BCUT2D eigenvalue weighted by atomic mass is 16.2. The summed E-state index contributed by atoms with van der Waals surface area (Å²) in [5.74, 6) is 0.972. The molecule has 4 aromatic rings. The molecule has 0 radical (unpaired) electrons. The third-order valence-electron chi connectivity index (χ3n) is 5.79. The Morgan fingerprint density at radius 3 is 2.18 bits per heavy atom. The van der Waals surface area contributed by atoms with Gasteiger partial charge in [0.2, 0.25) is 0 Å². The Balaban J connectivity index is 1.38. The monoisotopic (exact) mass is 435 g/mol. The first-order valence-electron chi connectivity index (χ1n) is 10.8. The standard InChI is InChI=1S/C26H21N5O2/c27-16-17-9-11-19(12-10-17)28-23-24(26(33)25(23)32)29-20-6-3-5-18(15-20)21-7-4-8-22(30-21)31-13-1-2-14-31/h3-12,15,28-29H,1-2,13-14H2. The van der Waals surface area contributed by atoms with Crippen molar-refractivity contribution in [2.75, 3.05) is 28.6 Å². The molecule has 1 aromatic heterocycles. The minimum Gasteiger partial charge on any atom is -0.357 e. The van der Waals surface area contributed by atoms with Crippen LogP contribution in [0.1, 0.15) is 18.4 Å². The van der Waals surface area contributed by atoms with E-state index in [2.05, 4.69) is 15.5 Å². The molecule has 1 aliphatic heterocycles. The van der Waals surface area contributed by atoms with Crippen molar-refractivity contribution < 1.29 is 0 Å². The number of aromatic nitrogens is 1. The molecule has 2 N–H and O–H groups in total. The first-order valence-corrected chi connectivity index (χ1v) is 10.8. The van der Waals surface area contributed by atoms with Crippen LogP contribution in [-0.2, 0) is 0 Å². The fourth-order valence-corrected chi connectivity index (χ4v) is 4.01. The number of nitrogens with one attached hydrogen (secondary N) is 2. The van der Waals surface area contributed by atoms with E-state index in [-0.39, 0.29) is 11.4 Å². The van der Waals surface area contributed by atoms with Gasteiger partial charge >= 0.3 is 0 Å². The van der Waals surface area contributed by atoms with Gasteiger partial charge in [-0.3, -0.25) is 9.59 Å². The highest BCUT2D eigenvalue weighted by Crippen LogP contribution is 2.28. The Morgan fingerprint density at radius 1 is 0.818 bits per heavy atom. The maximum absolute atomic E-state index is 12.2. The first-order chi connectivity index (χ1) is 16.1. The van der Waals surface area contributed by atoms with Crippen LogP contribution in [0.3, 0.4) is 0 Å². The molecule has 1 fully saturated rings. The Hall–Kier alpha value is -4.44. The zero-order chi connectivity index (χ0) is 22.8. The maximum atomic E-state index is 12.2. The predicted octanol–water partition coefficient (Wildman–Crippen LogP) is 4.30. The van der Waals surface area contributed by atoms with Crippen molar-refractivity contribution in [3.8, 4) is 17.3 Å². The van der Waals surface area contributed by atoms with Crippen LogP contribution in [0.5, 0.6) is 0 Å². The van der Waals surface area contributed by atoms with Gasteiger partial charge in [0, 0.05) is 30.0 Å². The minimum atomic E-state index is -0.571. The van der Waals surface area contributed by atoms with Crippen molar-refractivity contribution >= 4 is 28.6 Å². The van der Waals surface area contributed by atoms with Crippen molar-refractivity contribution in [1.82, 2.24) is 4.98 Å². The molecule has 1 aliphatic rings. The zero-order valence-electron chi connectivity index (χ0n) is 17.8. The highest BCUT2D eigenvalue weighted by molar-refractivity contribution is 5.83. The van der Waals surface area contributed by atoms with E-state index in [1.807, 2.05) is 48.5 Å². The van der Waals surface area contributed by atoms with Gasteiger partial charge in [-0.2, -0.15) is 5.26 Å². The van der Waals surface area contributed by atoms with Gasteiger partial charge in [-0.15, -0.1) is 0 Å². The molecule has 1 saturated heterocycles. The Bertz CT molecular complexity index is 1420. The van der Waals surface area contributed by atoms with Crippen LogP contribution in [0.15, 0.2) is 76.3 Å². The molecule has 3 aromatic carbocycles. The molecular formula is C26H21N5O2. The van der Waals surface area contributed by atoms with E-state index in [0.717, 1.165) is 30.2 Å². The molecule has 7 heteroatoms. The summed E-state index contributed by atoms with van der Waals surface area (Å²) in [6.07, 6.45) is 2.37. The largest absolute Gasteiger partial charge is 0.357 e. The summed E-state index contributed by atoms with van der Waals surface area (Å²) in [5.41, 5.74) is 2.90. The van der Waals surface area contributed by atoms with Gasteiger partial charge in [0.1, 0.15) is 17.2 Å². The van der Waals surface area contributed by atoms with Crippen LogP contribution in [-0.4, -0.2) is 18.1 Å². The quantitative estimate of drug-likeness (QED) is 0.436. The number of hydrogen-bond acceptors (Lipinski definition) is 7. The molecule has 0 spiro atoms. The predicted molar refractivity (Wildman–Crippen MR) is 130 cm³/mol. The first kappa shape index (κ1) is 20.5. The number of benzene rings is 2. The molecule has 0 unspecified atom stereocenters. The summed E-state index contributed by atoms with van der Waals surface area (Å²) in [7, 11) is 0. The topological polar surface area (TPSA) is 98.1 Å². The molecule has 0 saturated carbocycles. The van der Waals surface area contributed by atoms with E-state index in [9.17, 15) is 9.59 Å². The fraction of sp³-hybridized carbons (Fsp3) is 0.154. The SMILES string of the molecule is N#Cc1ccc(Nc2c(Nc3cccc(-c4cccc(N5CCCC5)n4)c3)c(=O)c2=O)cc1. The van der Waals surface area contributed by atoms with Crippen LogP contribution in [0.4, 0.5) is 28.6 Å². The van der Waals surface area contributed by atoms with Crippen LogP contribution in [0, 0.1) is 11.3 Å². The van der Waals surface area contributed by atoms with Gasteiger partial charge in [-0.1, -0.05) is 18.2 Å². The lowest BCUT2D eigenvalue weighted by molar-refractivity contribution is 0.939. The van der Waals surface area contributed by atoms with Crippen molar-refractivity contribution in [3.05, 3.63) is 92.7 Å². The van der Waals surface area contributed by atoms with Gasteiger partial charge in [0.05, 0.1) is 17.3 Å². The molecule has 33 heavy (non-hydrogen) atoms. The second-order valence-corrected chi connectivity index (χ2v) is 8.00. The molecule has 0 atom stereocenters. The molecule has 162 valence electrons. The van der Waals surface area contributed by atoms with E-state index in [1.165, 1.54) is 12.8 Å². The number of nitrogens with zero attached hydrogens (tertiary/aromatic N) is 3. The summed E-state index contributed by atoms with van der Waals surface area (Å²) in [5, 5.41) is 15.0. The fourth-order valence-electron chi connectivity index (χ4n) is 4.01. The third-order valence-corrected chi connectivity index (χ3v) is 5.79. The average molecular weight is 435 g/mol. The molecule has 0 aliphatic carbocycles. The van der Waals surface area contributed by atoms with Gasteiger partial charge in [-0.05, 0) is 61.4 Å². The molecular weight excluding hydrogens is 414 g/mol. The summed E-state index contributed by atoms with van der Waals surface area (Å²) in [6, 6.07) is 22.4. The number of pyridine rings is 1. The smallest absolute Gasteiger partial charge is 0.253 e. The van der Waals surface area contributed by atoms with E-state index >= 15 is 0 Å².